The molecule has 5 heterocycles. The number of imidazole rings is 1. The molecule has 0 unspecified atom stereocenters. The van der Waals surface area contributed by atoms with Crippen LogP contribution in [0, 0.1) is 5.82 Å². The van der Waals surface area contributed by atoms with Crippen LogP contribution in [0.25, 0.3) is 16.6 Å². The van der Waals surface area contributed by atoms with Crippen molar-refractivity contribution in [2.24, 2.45) is 0 Å². The summed E-state index contributed by atoms with van der Waals surface area (Å²) in [7, 11) is -0.982. The maximum atomic E-state index is 14.2. The van der Waals surface area contributed by atoms with Crippen LogP contribution in [0.4, 0.5) is 15.8 Å². The third-order valence-corrected chi connectivity index (χ3v) is 12.7. The van der Waals surface area contributed by atoms with Crippen molar-refractivity contribution in [1.29, 1.82) is 0 Å². The van der Waals surface area contributed by atoms with Crippen molar-refractivity contribution < 1.29 is 23.1 Å². The van der Waals surface area contributed by atoms with Crippen LogP contribution in [0.15, 0.2) is 78.9 Å². The monoisotopic (exact) mass is 733 g/mol. The molecule has 5 aromatic rings. The fourth-order valence-electron chi connectivity index (χ4n) is 7.23. The number of fused-ring (bicyclic) bond motifs is 3. The Hall–Kier alpha value is -4.88. The number of rotatable bonds is 10. The van der Waals surface area contributed by atoms with E-state index in [0.29, 0.717) is 34.3 Å². The average Bonchev–Trinajstić information content (AvgIpc) is 3.81. The third kappa shape index (κ3) is 6.29. The van der Waals surface area contributed by atoms with Crippen LogP contribution in [-0.4, -0.2) is 60.0 Å². The number of nitrogens with zero attached hydrogens (tertiary/aromatic N) is 4. The molecule has 3 aromatic carbocycles. The third-order valence-electron chi connectivity index (χ3n) is 10.4. The number of benzene rings is 3. The van der Waals surface area contributed by atoms with Gasteiger partial charge in [0.25, 0.3) is 5.91 Å². The zero-order chi connectivity index (χ0) is 35.4. The maximum absolute atomic E-state index is 14.2. The van der Waals surface area contributed by atoms with E-state index >= 15 is 0 Å². The van der Waals surface area contributed by atoms with Crippen molar-refractivity contribution >= 4 is 60.4 Å². The second-order valence-electron chi connectivity index (χ2n) is 13.8. The van der Waals surface area contributed by atoms with E-state index in [0.717, 1.165) is 90.5 Å². The van der Waals surface area contributed by atoms with E-state index in [2.05, 4.69) is 26.2 Å². The standard InChI is InChI=1S/C39H35ClFN6O4Si/c40-27-6-4-26(30(41)19-27)22-50-36-3-1-2-31(44-36)24-10-14-46(15-11-24)21-35-43-33-8-5-25(18-34(33)47(35)23-52-17-16-51-52)37(48)42-28-7-9-32-29(20-28)39(12-13-39)38(49)45-32/h1-10,18-20H,11-17,21-23H2,(H,42,48)(H,45,49). The van der Waals surface area contributed by atoms with Gasteiger partial charge in [0.15, 0.2) is 0 Å². The van der Waals surface area contributed by atoms with E-state index in [4.69, 9.17) is 30.7 Å². The van der Waals surface area contributed by atoms with Crippen LogP contribution < -0.4 is 15.4 Å². The highest BCUT2D eigenvalue weighted by Crippen LogP contribution is 2.55. The zero-order valence-corrected chi connectivity index (χ0v) is 30.0. The minimum absolute atomic E-state index is 0.0539. The molecule has 2 fully saturated rings. The number of anilines is 2. The predicted octanol–water partition coefficient (Wildman–Crippen LogP) is 6.89. The molecule has 1 radical (unpaired) electrons. The van der Waals surface area contributed by atoms with Crippen molar-refractivity contribution in [3.8, 4) is 5.88 Å². The first-order valence-electron chi connectivity index (χ1n) is 17.5. The van der Waals surface area contributed by atoms with Crippen molar-refractivity contribution in [3.05, 3.63) is 118 Å². The van der Waals surface area contributed by atoms with Gasteiger partial charge in [-0.2, -0.15) is 0 Å². The lowest BCUT2D eigenvalue weighted by Gasteiger charge is -2.28. The molecule has 2 aromatic heterocycles. The van der Waals surface area contributed by atoms with Crippen LogP contribution in [0.2, 0.25) is 11.1 Å². The molecule has 2 N–H and O–H groups in total. The van der Waals surface area contributed by atoms with Gasteiger partial charge in [-0.15, -0.1) is 0 Å². The van der Waals surface area contributed by atoms with Crippen LogP contribution in [0.3, 0.4) is 0 Å². The van der Waals surface area contributed by atoms with Gasteiger partial charge >= 0.3 is 0 Å². The Morgan fingerprint density at radius 1 is 1.10 bits per heavy atom. The van der Waals surface area contributed by atoms with Gasteiger partial charge in [-0.05, 0) is 91.0 Å². The number of ether oxygens (including phenoxy) is 1. The van der Waals surface area contributed by atoms with Gasteiger partial charge in [0.05, 0.1) is 28.7 Å². The number of pyridine rings is 1. The second kappa shape index (κ2) is 13.3. The number of carbonyl (C=O) groups excluding carboxylic acids is 2. The molecule has 52 heavy (non-hydrogen) atoms. The van der Waals surface area contributed by atoms with Gasteiger partial charge in [-0.3, -0.25) is 14.5 Å². The van der Waals surface area contributed by atoms with Gasteiger partial charge in [-0.25, -0.2) is 14.4 Å². The molecule has 13 heteroatoms. The lowest BCUT2D eigenvalue weighted by Crippen LogP contribution is -2.37. The highest BCUT2D eigenvalue weighted by Gasteiger charge is 2.56. The topological polar surface area (TPSA) is 111 Å². The highest BCUT2D eigenvalue weighted by atomic mass is 35.5. The highest BCUT2D eigenvalue weighted by molar-refractivity contribution is 6.53. The number of hydrogen-bond donors (Lipinski definition) is 2. The van der Waals surface area contributed by atoms with Crippen molar-refractivity contribution in [3.63, 3.8) is 0 Å². The van der Waals surface area contributed by atoms with Gasteiger partial charge in [0.1, 0.15) is 18.2 Å². The molecule has 2 amide bonds. The molecule has 0 atom stereocenters. The molecule has 1 spiro atoms. The summed E-state index contributed by atoms with van der Waals surface area (Å²) in [5.74, 6) is 0.825. The van der Waals surface area contributed by atoms with Crippen LogP contribution in [-0.2, 0) is 34.0 Å². The predicted molar refractivity (Wildman–Crippen MR) is 198 cm³/mol. The number of nitrogens with one attached hydrogen (secondary N) is 2. The number of aromatic nitrogens is 3. The summed E-state index contributed by atoms with van der Waals surface area (Å²) in [6.45, 7) is 3.06. The number of halogens is 2. The molecule has 3 aliphatic heterocycles. The van der Waals surface area contributed by atoms with E-state index in [1.807, 2.05) is 48.5 Å². The molecule has 4 aliphatic rings. The quantitative estimate of drug-likeness (QED) is 0.151. The molecule has 1 aliphatic carbocycles. The average molecular weight is 734 g/mol. The summed E-state index contributed by atoms with van der Waals surface area (Å²) >= 11 is 5.88. The number of hydrogen-bond acceptors (Lipinski definition) is 7. The SMILES string of the molecule is O=C(Nc1ccc2c(c1)C1(CC1)C(=O)N2)c1ccc2nc(CN3CC=C(c4cccc(OCc5ccc(Cl)cc5F)n4)CC3)n(C[Si]3CCO3)c2c1. The first-order valence-corrected chi connectivity index (χ1v) is 19.7. The number of carbonyl (C=O) groups is 2. The van der Waals surface area contributed by atoms with Gasteiger partial charge in [-0.1, -0.05) is 29.8 Å². The summed E-state index contributed by atoms with van der Waals surface area (Å²) in [4.78, 5) is 38.1. The van der Waals surface area contributed by atoms with Gasteiger partial charge in [0, 0.05) is 59.5 Å². The Morgan fingerprint density at radius 2 is 1.98 bits per heavy atom. The zero-order valence-electron chi connectivity index (χ0n) is 28.3. The first kappa shape index (κ1) is 33.0. The summed E-state index contributed by atoms with van der Waals surface area (Å²) in [5.41, 5.74) is 6.77. The van der Waals surface area contributed by atoms with Crippen molar-refractivity contribution in [2.45, 2.75) is 50.0 Å². The van der Waals surface area contributed by atoms with E-state index in [-0.39, 0.29) is 18.4 Å². The lowest BCUT2D eigenvalue weighted by molar-refractivity contribution is -0.117. The molecule has 0 bridgehead atoms. The second-order valence-corrected chi connectivity index (χ2v) is 16.4. The van der Waals surface area contributed by atoms with E-state index in [1.54, 1.807) is 18.2 Å². The van der Waals surface area contributed by atoms with Crippen LogP contribution in [0.5, 0.6) is 5.88 Å². The smallest absolute Gasteiger partial charge is 0.255 e. The van der Waals surface area contributed by atoms with Crippen molar-refractivity contribution in [2.75, 3.05) is 30.3 Å². The number of amides is 2. The molecular weight excluding hydrogens is 699 g/mol. The van der Waals surface area contributed by atoms with Crippen LogP contribution >= 0.6 is 11.6 Å². The van der Waals surface area contributed by atoms with E-state index in [9.17, 15) is 14.0 Å². The fraction of sp³-hybridized carbons (Fsp3) is 0.282. The summed E-state index contributed by atoms with van der Waals surface area (Å²) in [5, 5.41) is 6.37. The molecule has 263 valence electrons. The Kier molecular flexibility index (Phi) is 8.42. The Bertz CT molecular complexity index is 2290. The Morgan fingerprint density at radius 3 is 2.75 bits per heavy atom. The van der Waals surface area contributed by atoms with Gasteiger partial charge in [0.2, 0.25) is 20.8 Å². The maximum Gasteiger partial charge on any atom is 0.255 e. The minimum Gasteiger partial charge on any atom is -0.473 e. The Labute approximate surface area is 306 Å². The van der Waals surface area contributed by atoms with E-state index < -0.39 is 20.3 Å². The van der Waals surface area contributed by atoms with Gasteiger partial charge < -0.3 is 24.4 Å². The molecular formula is C39H35ClFN6O4Si. The van der Waals surface area contributed by atoms with E-state index in [1.165, 1.54) is 6.07 Å². The normalized spacial score (nSPS) is 17.8. The molecule has 1 saturated carbocycles. The summed E-state index contributed by atoms with van der Waals surface area (Å²) in [6, 6.07) is 22.6. The van der Waals surface area contributed by atoms with Crippen LogP contribution in [0.1, 0.15) is 52.3 Å². The summed E-state index contributed by atoms with van der Waals surface area (Å²) in [6.07, 6.45) is 5.44. The largest absolute Gasteiger partial charge is 0.473 e. The van der Waals surface area contributed by atoms with Crippen molar-refractivity contribution in [1.82, 2.24) is 19.4 Å². The minimum atomic E-state index is -0.982. The lowest BCUT2D eigenvalue weighted by atomic mass is 9.97. The molecule has 10 nitrogen and oxygen atoms in total. The Balaban J connectivity index is 0.897. The molecule has 1 saturated heterocycles. The first-order chi connectivity index (χ1) is 25.3. The fourth-order valence-corrected chi connectivity index (χ4v) is 8.83. The molecule has 9 rings (SSSR count). The summed E-state index contributed by atoms with van der Waals surface area (Å²) < 4.78 is 28.2.